The molecule has 2 rings (SSSR count). The number of hydrogen-bond donors (Lipinski definition) is 1. The lowest BCUT2D eigenvalue weighted by atomic mass is 9.87. The van der Waals surface area contributed by atoms with Crippen molar-refractivity contribution in [2.24, 2.45) is 5.73 Å². The maximum Gasteiger partial charge on any atom is 0.258 e. The Kier molecular flexibility index (Phi) is 3.46. The van der Waals surface area contributed by atoms with Gasteiger partial charge in [-0.3, -0.25) is 4.79 Å². The van der Waals surface area contributed by atoms with Gasteiger partial charge in [-0.1, -0.05) is 0 Å². The van der Waals surface area contributed by atoms with Crippen molar-refractivity contribution in [2.45, 2.75) is 31.8 Å². The van der Waals surface area contributed by atoms with Crippen LogP contribution in [-0.2, 0) is 4.74 Å². The lowest BCUT2D eigenvalue weighted by Gasteiger charge is -2.24. The number of amides is 1. The average Bonchev–Trinajstić information content (AvgIpc) is 2.75. The van der Waals surface area contributed by atoms with Gasteiger partial charge in [0.05, 0.1) is 23.0 Å². The highest BCUT2D eigenvalue weighted by molar-refractivity contribution is 7.14. The molecule has 1 aliphatic rings. The van der Waals surface area contributed by atoms with Crippen molar-refractivity contribution in [1.82, 2.24) is 0 Å². The summed E-state index contributed by atoms with van der Waals surface area (Å²) in [5.74, 6) is -0.567. The summed E-state index contributed by atoms with van der Waals surface area (Å²) in [5, 5.41) is 9.10. The van der Waals surface area contributed by atoms with E-state index >= 15 is 0 Å². The van der Waals surface area contributed by atoms with Gasteiger partial charge in [-0.25, -0.2) is 0 Å². The van der Waals surface area contributed by atoms with E-state index in [9.17, 15) is 4.79 Å². The Morgan fingerprint density at radius 2 is 2.47 bits per heavy atom. The molecule has 1 aromatic rings. The van der Waals surface area contributed by atoms with E-state index < -0.39 is 5.91 Å². The van der Waals surface area contributed by atoms with Gasteiger partial charge in [0.1, 0.15) is 0 Å². The number of nitrogens with zero attached hydrogens (tertiary/aromatic N) is 1. The van der Waals surface area contributed by atoms with Crippen molar-refractivity contribution < 1.29 is 9.53 Å². The van der Waals surface area contributed by atoms with Crippen LogP contribution in [0, 0.1) is 11.3 Å². The number of hydrogen-bond acceptors (Lipinski definition) is 4. The first-order valence-corrected chi connectivity index (χ1v) is 6.43. The zero-order chi connectivity index (χ0) is 12.4. The Morgan fingerprint density at radius 1 is 1.71 bits per heavy atom. The van der Waals surface area contributed by atoms with Crippen LogP contribution in [-0.4, -0.2) is 12.5 Å². The van der Waals surface area contributed by atoms with E-state index in [0.29, 0.717) is 11.5 Å². The molecular formula is C12H14N2O2S. The molecule has 17 heavy (non-hydrogen) atoms. The Balaban J connectivity index is 2.41. The molecule has 0 aliphatic heterocycles. The van der Waals surface area contributed by atoms with E-state index in [1.54, 1.807) is 6.07 Å². The fraction of sp³-hybridized carbons (Fsp3) is 0.500. The van der Waals surface area contributed by atoms with E-state index in [1.807, 2.05) is 6.92 Å². The molecule has 0 radical (unpaired) electrons. The Labute approximate surface area is 104 Å². The predicted octanol–water partition coefficient (Wildman–Crippen LogP) is 2.33. The second kappa shape index (κ2) is 4.86. The van der Waals surface area contributed by atoms with Crippen molar-refractivity contribution in [3.05, 3.63) is 21.4 Å². The topological polar surface area (TPSA) is 76.1 Å². The van der Waals surface area contributed by atoms with Crippen LogP contribution >= 0.6 is 11.3 Å². The number of nitriles is 1. The minimum atomic E-state index is -0.434. The molecule has 90 valence electrons. The summed E-state index contributed by atoms with van der Waals surface area (Å²) in [7, 11) is 0. The second-order valence-electron chi connectivity index (χ2n) is 4.00. The third kappa shape index (κ3) is 2.19. The molecule has 1 heterocycles. The van der Waals surface area contributed by atoms with Gasteiger partial charge in [0.25, 0.3) is 5.91 Å². The monoisotopic (exact) mass is 250 g/mol. The van der Waals surface area contributed by atoms with Gasteiger partial charge in [0.15, 0.2) is 0 Å². The molecule has 0 spiro atoms. The van der Waals surface area contributed by atoms with Crippen LogP contribution in [0.3, 0.4) is 0 Å². The van der Waals surface area contributed by atoms with Crippen molar-refractivity contribution in [3.8, 4) is 6.07 Å². The van der Waals surface area contributed by atoms with Gasteiger partial charge >= 0.3 is 0 Å². The number of fused-ring (bicyclic) bond motifs is 1. The zero-order valence-electron chi connectivity index (χ0n) is 9.60. The highest BCUT2D eigenvalue weighted by atomic mass is 32.1. The summed E-state index contributed by atoms with van der Waals surface area (Å²) in [4.78, 5) is 12.7. The fourth-order valence-electron chi connectivity index (χ4n) is 2.16. The van der Waals surface area contributed by atoms with E-state index in [1.165, 1.54) is 11.3 Å². The Hall–Kier alpha value is -1.38. The number of nitrogens with two attached hydrogens (primary N) is 1. The van der Waals surface area contributed by atoms with Crippen molar-refractivity contribution in [1.29, 1.82) is 5.26 Å². The summed E-state index contributed by atoms with van der Waals surface area (Å²) < 4.78 is 5.64. The van der Waals surface area contributed by atoms with Gasteiger partial charge in [0, 0.05) is 11.5 Å². The maximum absolute atomic E-state index is 11.2. The molecule has 0 saturated carbocycles. The summed E-state index contributed by atoms with van der Waals surface area (Å²) in [5.41, 5.74) is 6.21. The number of carbonyl (C=O) groups excluding carboxylic acids is 1. The van der Waals surface area contributed by atoms with Crippen molar-refractivity contribution in [2.75, 3.05) is 6.61 Å². The molecule has 2 N–H and O–H groups in total. The van der Waals surface area contributed by atoms with Gasteiger partial charge in [-0.15, -0.1) is 11.3 Å². The molecule has 2 unspecified atom stereocenters. The van der Waals surface area contributed by atoms with Gasteiger partial charge < -0.3 is 10.5 Å². The number of ether oxygens (including phenoxy) is 1. The van der Waals surface area contributed by atoms with Crippen LogP contribution in [0.1, 0.15) is 51.9 Å². The van der Waals surface area contributed by atoms with E-state index in [2.05, 4.69) is 6.07 Å². The standard InChI is InChI=1S/C12H14N2O2S/c1-2-16-9-4-3-7(6-13)8-5-10(12(14)15)17-11(8)9/h5,7,9H,2-4H2,1H3,(H2,14,15). The van der Waals surface area contributed by atoms with Crippen LogP contribution in [0.15, 0.2) is 6.07 Å². The summed E-state index contributed by atoms with van der Waals surface area (Å²) in [6.45, 7) is 2.57. The Morgan fingerprint density at radius 3 is 3.06 bits per heavy atom. The van der Waals surface area contributed by atoms with E-state index in [-0.39, 0.29) is 12.0 Å². The van der Waals surface area contributed by atoms with Crippen LogP contribution in [0.5, 0.6) is 0 Å². The minimum Gasteiger partial charge on any atom is -0.373 e. The molecule has 0 fully saturated rings. The van der Waals surface area contributed by atoms with Crippen molar-refractivity contribution in [3.63, 3.8) is 0 Å². The number of rotatable bonds is 3. The van der Waals surface area contributed by atoms with Gasteiger partial charge in [-0.05, 0) is 31.4 Å². The molecule has 2 atom stereocenters. The van der Waals surface area contributed by atoms with Crippen LogP contribution in [0.4, 0.5) is 0 Å². The second-order valence-corrected chi connectivity index (χ2v) is 5.08. The molecule has 0 aromatic carbocycles. The summed E-state index contributed by atoms with van der Waals surface area (Å²) in [6, 6.07) is 4.03. The molecular weight excluding hydrogens is 236 g/mol. The average molecular weight is 250 g/mol. The van der Waals surface area contributed by atoms with Crippen LogP contribution < -0.4 is 5.73 Å². The molecule has 0 saturated heterocycles. The van der Waals surface area contributed by atoms with Crippen molar-refractivity contribution >= 4 is 17.2 Å². The highest BCUT2D eigenvalue weighted by Gasteiger charge is 2.30. The molecule has 5 heteroatoms. The smallest absolute Gasteiger partial charge is 0.258 e. The summed E-state index contributed by atoms with van der Waals surface area (Å²) in [6.07, 6.45) is 1.62. The molecule has 4 nitrogen and oxygen atoms in total. The lowest BCUT2D eigenvalue weighted by Crippen LogP contribution is -2.13. The first kappa shape index (κ1) is 12.1. The molecule has 1 aromatic heterocycles. The normalized spacial score (nSPS) is 22.8. The predicted molar refractivity (Wildman–Crippen MR) is 64.8 cm³/mol. The van der Waals surface area contributed by atoms with Crippen LogP contribution in [0.25, 0.3) is 0 Å². The van der Waals surface area contributed by atoms with Crippen LogP contribution in [0.2, 0.25) is 0 Å². The quantitative estimate of drug-likeness (QED) is 0.894. The Bertz CT molecular complexity index is 475. The van der Waals surface area contributed by atoms with E-state index in [0.717, 1.165) is 23.3 Å². The summed E-state index contributed by atoms with van der Waals surface area (Å²) >= 11 is 1.36. The molecule has 0 bridgehead atoms. The third-order valence-electron chi connectivity index (χ3n) is 2.94. The van der Waals surface area contributed by atoms with E-state index in [4.69, 9.17) is 15.7 Å². The first-order chi connectivity index (χ1) is 8.17. The number of thiophene rings is 1. The first-order valence-electron chi connectivity index (χ1n) is 5.62. The van der Waals surface area contributed by atoms with Gasteiger partial charge in [0.2, 0.25) is 0 Å². The molecule has 1 aliphatic carbocycles. The fourth-order valence-corrected chi connectivity index (χ4v) is 3.32. The highest BCUT2D eigenvalue weighted by Crippen LogP contribution is 2.43. The largest absolute Gasteiger partial charge is 0.373 e. The third-order valence-corrected chi connectivity index (χ3v) is 4.20. The minimum absolute atomic E-state index is 0.0118. The lowest BCUT2D eigenvalue weighted by molar-refractivity contribution is 0.0516. The van der Waals surface area contributed by atoms with Gasteiger partial charge in [-0.2, -0.15) is 5.26 Å². The molecule has 1 amide bonds. The number of carbonyl (C=O) groups is 1. The zero-order valence-corrected chi connectivity index (χ0v) is 10.4. The maximum atomic E-state index is 11.2. The number of primary amides is 1. The SMILES string of the molecule is CCOC1CCC(C#N)c2cc(C(N)=O)sc21.